The number of hydrogen-bond acceptors (Lipinski definition) is 2. The van der Waals surface area contributed by atoms with Crippen LogP contribution in [0.1, 0.15) is 25.0 Å². The summed E-state index contributed by atoms with van der Waals surface area (Å²) in [5, 5.41) is 3.50. The second-order valence-corrected chi connectivity index (χ2v) is 6.33. The van der Waals surface area contributed by atoms with Gasteiger partial charge in [-0.2, -0.15) is 0 Å². The smallest absolute Gasteiger partial charge is 0.336 e. The van der Waals surface area contributed by atoms with Crippen molar-refractivity contribution in [3.05, 3.63) is 70.7 Å². The van der Waals surface area contributed by atoms with E-state index in [4.69, 9.17) is 16.4 Å². The first kappa shape index (κ1) is 17.3. The van der Waals surface area contributed by atoms with Crippen molar-refractivity contribution in [3.63, 3.8) is 0 Å². The topological polar surface area (TPSA) is 50.4 Å². The normalized spacial score (nSPS) is 11.1. The van der Waals surface area contributed by atoms with Gasteiger partial charge >= 0.3 is 6.03 Å². The van der Waals surface area contributed by atoms with Crippen molar-refractivity contribution < 1.29 is 9.63 Å². The van der Waals surface area contributed by atoms with Crippen LogP contribution < -0.4 is 10.8 Å². The molecule has 0 atom stereocenters. The van der Waals surface area contributed by atoms with E-state index in [2.05, 4.69) is 10.8 Å². The number of benzene rings is 2. The quantitative estimate of drug-likeness (QED) is 0.784. The minimum absolute atomic E-state index is 0.283. The number of carbonyl (C=O) groups excluding carboxylic acids is 1. The van der Waals surface area contributed by atoms with Crippen LogP contribution >= 0.6 is 11.6 Å². The molecule has 2 rings (SSSR count). The number of nitrogens with one attached hydrogen (secondary N) is 2. The third-order valence-corrected chi connectivity index (χ3v) is 3.87. The van der Waals surface area contributed by atoms with Crippen LogP contribution in [-0.4, -0.2) is 12.6 Å². The highest BCUT2D eigenvalue weighted by atomic mass is 35.5. The fourth-order valence-corrected chi connectivity index (χ4v) is 2.59. The van der Waals surface area contributed by atoms with Crippen molar-refractivity contribution in [1.82, 2.24) is 10.8 Å². The van der Waals surface area contributed by atoms with Gasteiger partial charge < -0.3 is 5.32 Å². The Morgan fingerprint density at radius 2 is 1.74 bits per heavy atom. The molecule has 0 heterocycles. The molecule has 4 nitrogen and oxygen atoms in total. The highest BCUT2D eigenvalue weighted by Crippen LogP contribution is 2.28. The van der Waals surface area contributed by atoms with Gasteiger partial charge in [-0.05, 0) is 17.2 Å². The molecule has 0 aromatic heterocycles. The maximum atomic E-state index is 11.8. The van der Waals surface area contributed by atoms with Gasteiger partial charge in [0.1, 0.15) is 0 Å². The molecule has 0 aliphatic heterocycles. The predicted octanol–water partition coefficient (Wildman–Crippen LogP) is 4.05. The van der Waals surface area contributed by atoms with Crippen molar-refractivity contribution in [3.8, 4) is 0 Å². The lowest BCUT2D eigenvalue weighted by Crippen LogP contribution is -2.42. The van der Waals surface area contributed by atoms with Crippen LogP contribution in [0.4, 0.5) is 4.79 Å². The molecule has 122 valence electrons. The Hall–Kier alpha value is -2.04. The van der Waals surface area contributed by atoms with Crippen LogP contribution in [0.25, 0.3) is 0 Å². The largest absolute Gasteiger partial charge is 0.338 e. The third-order valence-electron chi connectivity index (χ3n) is 3.54. The molecule has 5 heteroatoms. The molecule has 0 aliphatic carbocycles. The molecular formula is C18H21ClN2O2. The van der Waals surface area contributed by atoms with Gasteiger partial charge in [0.2, 0.25) is 0 Å². The van der Waals surface area contributed by atoms with Crippen molar-refractivity contribution in [2.24, 2.45) is 0 Å². The molecule has 0 radical (unpaired) electrons. The molecule has 0 bridgehead atoms. The second kappa shape index (κ2) is 7.99. The van der Waals surface area contributed by atoms with E-state index in [9.17, 15) is 4.79 Å². The lowest BCUT2D eigenvalue weighted by atomic mass is 9.84. The molecule has 0 spiro atoms. The minimum Gasteiger partial charge on any atom is -0.336 e. The molecule has 2 aromatic carbocycles. The zero-order valence-electron chi connectivity index (χ0n) is 13.3. The fraction of sp³-hybridized carbons (Fsp3) is 0.278. The highest BCUT2D eigenvalue weighted by molar-refractivity contribution is 6.31. The van der Waals surface area contributed by atoms with Crippen molar-refractivity contribution in [2.45, 2.75) is 25.9 Å². The number of hydroxylamine groups is 1. The summed E-state index contributed by atoms with van der Waals surface area (Å²) in [4.78, 5) is 17.0. The van der Waals surface area contributed by atoms with E-state index < -0.39 is 0 Å². The van der Waals surface area contributed by atoms with E-state index >= 15 is 0 Å². The Morgan fingerprint density at radius 1 is 1.09 bits per heavy atom. The molecule has 0 saturated heterocycles. The number of hydrogen-bond donors (Lipinski definition) is 2. The summed E-state index contributed by atoms with van der Waals surface area (Å²) in [6.45, 7) is 4.82. The van der Waals surface area contributed by atoms with E-state index in [1.807, 2.05) is 68.4 Å². The summed E-state index contributed by atoms with van der Waals surface area (Å²) in [6.07, 6.45) is 0. The Labute approximate surface area is 141 Å². The summed E-state index contributed by atoms with van der Waals surface area (Å²) in [5.74, 6) is 0. The van der Waals surface area contributed by atoms with E-state index in [-0.39, 0.29) is 11.4 Å². The van der Waals surface area contributed by atoms with Crippen LogP contribution in [0.3, 0.4) is 0 Å². The first-order valence-corrected chi connectivity index (χ1v) is 7.81. The van der Waals surface area contributed by atoms with Gasteiger partial charge in [-0.25, -0.2) is 10.3 Å². The minimum atomic E-state index is -0.374. The molecule has 2 amide bonds. The van der Waals surface area contributed by atoms with Crippen molar-refractivity contribution >= 4 is 17.6 Å². The van der Waals surface area contributed by atoms with Crippen LogP contribution in [-0.2, 0) is 16.9 Å². The summed E-state index contributed by atoms with van der Waals surface area (Å²) in [7, 11) is 0. The zero-order valence-corrected chi connectivity index (χ0v) is 14.1. The summed E-state index contributed by atoms with van der Waals surface area (Å²) in [6, 6.07) is 16.9. The number of urea groups is 1. The Morgan fingerprint density at radius 3 is 2.43 bits per heavy atom. The van der Waals surface area contributed by atoms with Crippen molar-refractivity contribution in [2.75, 3.05) is 6.54 Å². The monoisotopic (exact) mass is 332 g/mol. The van der Waals surface area contributed by atoms with E-state index in [0.29, 0.717) is 18.2 Å². The molecule has 0 aliphatic rings. The van der Waals surface area contributed by atoms with Gasteiger partial charge in [0.05, 0.1) is 6.61 Å². The summed E-state index contributed by atoms with van der Waals surface area (Å²) in [5.41, 5.74) is 4.09. The van der Waals surface area contributed by atoms with Gasteiger partial charge in [0.15, 0.2) is 0 Å². The Kier molecular flexibility index (Phi) is 6.02. The molecule has 0 saturated carbocycles. The predicted molar refractivity (Wildman–Crippen MR) is 92.2 cm³/mol. The lowest BCUT2D eigenvalue weighted by molar-refractivity contribution is 0.0487. The Balaban J connectivity index is 1.78. The van der Waals surface area contributed by atoms with E-state index in [1.165, 1.54) is 0 Å². The van der Waals surface area contributed by atoms with Gasteiger partial charge in [-0.15, -0.1) is 0 Å². The van der Waals surface area contributed by atoms with Gasteiger partial charge in [0.25, 0.3) is 0 Å². The van der Waals surface area contributed by atoms with Crippen LogP contribution in [0.2, 0.25) is 5.02 Å². The van der Waals surface area contributed by atoms with Gasteiger partial charge in [-0.3, -0.25) is 4.84 Å². The van der Waals surface area contributed by atoms with Gasteiger partial charge in [-0.1, -0.05) is 74.0 Å². The zero-order chi connectivity index (χ0) is 16.7. The average Bonchev–Trinajstić information content (AvgIpc) is 2.54. The molecule has 2 aromatic rings. The van der Waals surface area contributed by atoms with Crippen LogP contribution in [0.5, 0.6) is 0 Å². The number of carbonyl (C=O) groups is 1. The number of rotatable bonds is 6. The fourth-order valence-electron chi connectivity index (χ4n) is 2.20. The summed E-state index contributed by atoms with van der Waals surface area (Å²) >= 11 is 6.22. The van der Waals surface area contributed by atoms with Gasteiger partial charge in [0, 0.05) is 17.0 Å². The number of halogens is 1. The number of amides is 2. The third kappa shape index (κ3) is 5.27. The maximum absolute atomic E-state index is 11.8. The first-order chi connectivity index (χ1) is 11.0. The maximum Gasteiger partial charge on any atom is 0.338 e. The van der Waals surface area contributed by atoms with E-state index in [1.54, 1.807) is 0 Å². The highest BCUT2D eigenvalue weighted by Gasteiger charge is 2.23. The van der Waals surface area contributed by atoms with Crippen LogP contribution in [0, 0.1) is 0 Å². The van der Waals surface area contributed by atoms with Crippen molar-refractivity contribution in [1.29, 1.82) is 0 Å². The van der Waals surface area contributed by atoms with E-state index in [0.717, 1.165) is 11.1 Å². The Bertz CT molecular complexity index is 644. The molecular weight excluding hydrogens is 312 g/mol. The molecule has 0 fully saturated rings. The van der Waals surface area contributed by atoms with Crippen LogP contribution in [0.15, 0.2) is 54.6 Å². The SMILES string of the molecule is CC(C)(CNC(=O)NOCc1ccccc1)c1ccccc1Cl. The molecule has 2 N–H and O–H groups in total. The summed E-state index contributed by atoms with van der Waals surface area (Å²) < 4.78 is 0. The average molecular weight is 333 g/mol. The second-order valence-electron chi connectivity index (χ2n) is 5.92. The lowest BCUT2D eigenvalue weighted by Gasteiger charge is -2.26. The molecule has 23 heavy (non-hydrogen) atoms. The molecule has 0 unspecified atom stereocenters. The standard InChI is InChI=1S/C18H21ClN2O2/c1-18(2,15-10-6-7-11-16(15)19)13-20-17(22)21-23-12-14-8-4-3-5-9-14/h3-11H,12-13H2,1-2H3,(H2,20,21,22). The first-order valence-electron chi connectivity index (χ1n) is 7.43.